The Hall–Kier alpha value is -0.600. The summed E-state index contributed by atoms with van der Waals surface area (Å²) in [6, 6.07) is 0. The van der Waals surface area contributed by atoms with Crippen molar-refractivity contribution in [3.8, 4) is 0 Å². The first kappa shape index (κ1) is 12.5. The molecule has 0 spiro atoms. The van der Waals surface area contributed by atoms with Gasteiger partial charge in [0.25, 0.3) is 10.1 Å². The van der Waals surface area contributed by atoms with Crippen molar-refractivity contribution < 1.29 is 35.4 Å². The Bertz CT molecular complexity index is 506. The summed E-state index contributed by atoms with van der Waals surface area (Å²) in [7, 11) is -4.18. The summed E-state index contributed by atoms with van der Waals surface area (Å²) < 4.78 is 29.6. The van der Waals surface area contributed by atoms with Crippen LogP contribution in [0.5, 0.6) is 0 Å². The Morgan fingerprint density at radius 3 is 2.73 bits per heavy atom. The number of nitrogens with zero attached hydrogens (tertiary/aromatic N) is 3. The van der Waals surface area contributed by atoms with Crippen molar-refractivity contribution in [3.05, 3.63) is 23.9 Å². The molecule has 85 valence electrons. The minimum Gasteiger partial charge on any atom is -0.285 e. The number of rotatable bonds is 1. The van der Waals surface area contributed by atoms with E-state index < -0.39 is 14.9 Å². The number of hydrogen-bond acceptors (Lipinski definition) is 5. The first-order valence-electron chi connectivity index (χ1n) is 3.81. The molecule has 0 aromatic carbocycles. The van der Waals surface area contributed by atoms with Crippen LogP contribution in [-0.2, 0) is 32.5 Å². The Morgan fingerprint density at radius 2 is 2.13 bits per heavy atom. The third kappa shape index (κ3) is 2.01. The average Bonchev–Trinajstić information content (AvgIpc) is 2.48. The van der Waals surface area contributed by atoms with E-state index in [-0.39, 0.29) is 22.4 Å². The van der Waals surface area contributed by atoms with E-state index in [2.05, 4.69) is 15.4 Å². The van der Waals surface area contributed by atoms with E-state index in [0.29, 0.717) is 11.4 Å². The van der Waals surface area contributed by atoms with Crippen LogP contribution < -0.4 is 0 Å². The SMILES string of the molecule is CC1(S(=O)(=O)O)C=CC2=NN=NC2=C1.[Ag]. The zero-order valence-corrected chi connectivity index (χ0v) is 9.85. The molecule has 1 aliphatic heterocycles. The first-order chi connectivity index (χ1) is 6.42. The van der Waals surface area contributed by atoms with Gasteiger partial charge in [-0.15, -0.1) is 10.2 Å². The molecule has 1 unspecified atom stereocenters. The molecule has 1 aliphatic carbocycles. The first-order valence-corrected chi connectivity index (χ1v) is 5.25. The monoisotopic (exact) mass is 320 g/mol. The molecule has 0 amide bonds. The molecule has 0 aromatic rings. The maximum atomic E-state index is 11.0. The van der Waals surface area contributed by atoms with Gasteiger partial charge in [0.05, 0.1) is 0 Å². The van der Waals surface area contributed by atoms with Crippen molar-refractivity contribution in [1.29, 1.82) is 0 Å². The maximum absolute atomic E-state index is 11.0. The molecule has 6 nitrogen and oxygen atoms in total. The summed E-state index contributed by atoms with van der Waals surface area (Å²) in [5.41, 5.74) is 0.874. The van der Waals surface area contributed by atoms with Gasteiger partial charge in [-0.2, -0.15) is 8.42 Å². The topological polar surface area (TPSA) is 91.5 Å². The Labute approximate surface area is 102 Å². The molecule has 8 heteroatoms. The summed E-state index contributed by atoms with van der Waals surface area (Å²) in [6.45, 7) is 1.37. The summed E-state index contributed by atoms with van der Waals surface area (Å²) in [5.74, 6) is 0. The van der Waals surface area contributed by atoms with Crippen molar-refractivity contribution in [1.82, 2.24) is 0 Å². The van der Waals surface area contributed by atoms with Gasteiger partial charge in [-0.05, 0) is 24.3 Å². The minimum atomic E-state index is -4.18. The van der Waals surface area contributed by atoms with Gasteiger partial charge in [-0.3, -0.25) is 4.55 Å². The van der Waals surface area contributed by atoms with Gasteiger partial charge in [0.2, 0.25) is 0 Å². The van der Waals surface area contributed by atoms with E-state index in [4.69, 9.17) is 4.55 Å². The largest absolute Gasteiger partial charge is 0.285 e. The molecule has 1 heterocycles. The Balaban J connectivity index is 0.00000112. The molecule has 0 fully saturated rings. The van der Waals surface area contributed by atoms with Crippen LogP contribution in [0.4, 0.5) is 0 Å². The van der Waals surface area contributed by atoms with Crippen LogP contribution in [0.2, 0.25) is 0 Å². The second-order valence-corrected chi connectivity index (χ2v) is 5.03. The summed E-state index contributed by atoms with van der Waals surface area (Å²) in [5, 5.41) is 10.7. The molecule has 0 bridgehead atoms. The molecule has 1 atom stereocenters. The van der Waals surface area contributed by atoms with Crippen molar-refractivity contribution >= 4 is 15.8 Å². The molecule has 0 saturated carbocycles. The van der Waals surface area contributed by atoms with E-state index in [1.165, 1.54) is 25.2 Å². The molecule has 1 N–H and O–H groups in total. The van der Waals surface area contributed by atoms with Gasteiger partial charge < -0.3 is 0 Å². The number of allylic oxidation sites excluding steroid dienone is 1. The average molecular weight is 321 g/mol. The normalized spacial score (nSPS) is 27.9. The third-order valence-electron chi connectivity index (χ3n) is 2.12. The smallest absolute Gasteiger partial charge is 0.277 e. The number of hydrogen-bond donors (Lipinski definition) is 1. The summed E-state index contributed by atoms with van der Waals surface area (Å²) in [4.78, 5) is 0. The second-order valence-electron chi connectivity index (χ2n) is 3.20. The van der Waals surface area contributed by atoms with E-state index >= 15 is 0 Å². The molecular weight excluding hydrogens is 314 g/mol. The predicted molar refractivity (Wildman–Crippen MR) is 49.5 cm³/mol. The molecular formula is C7H7AgN3O3S. The molecule has 2 aliphatic rings. The van der Waals surface area contributed by atoms with Gasteiger partial charge in [-0.25, -0.2) is 0 Å². The fourth-order valence-corrected chi connectivity index (χ4v) is 1.67. The third-order valence-corrected chi connectivity index (χ3v) is 3.48. The number of fused-ring (bicyclic) bond motifs is 1. The minimum absolute atomic E-state index is 0. The standard InChI is InChI=1S/C7H7N3O3S.Ag/c1-7(14(11,12)13)3-2-5-6(4-7)9-10-8-5;/h2-4H,1H3,(H,11,12,13);. The van der Waals surface area contributed by atoms with Gasteiger partial charge >= 0.3 is 0 Å². The molecule has 1 radical (unpaired) electrons. The van der Waals surface area contributed by atoms with Crippen molar-refractivity contribution in [2.24, 2.45) is 15.4 Å². The van der Waals surface area contributed by atoms with Crippen LogP contribution in [0.25, 0.3) is 0 Å². The second kappa shape index (κ2) is 3.76. The zero-order valence-electron chi connectivity index (χ0n) is 7.55. The van der Waals surface area contributed by atoms with Gasteiger partial charge in [0.15, 0.2) is 0 Å². The van der Waals surface area contributed by atoms with Crippen molar-refractivity contribution in [2.45, 2.75) is 11.7 Å². The van der Waals surface area contributed by atoms with Crippen molar-refractivity contribution in [2.75, 3.05) is 0 Å². The zero-order chi connectivity index (χ0) is 10.4. The Kier molecular flexibility index (Phi) is 3.13. The molecule has 0 saturated heterocycles. The summed E-state index contributed by atoms with van der Waals surface area (Å²) >= 11 is 0. The quantitative estimate of drug-likeness (QED) is 0.575. The fourth-order valence-electron chi connectivity index (χ4n) is 1.17. The fraction of sp³-hybridized carbons (Fsp3) is 0.286. The van der Waals surface area contributed by atoms with Crippen molar-refractivity contribution in [3.63, 3.8) is 0 Å². The van der Waals surface area contributed by atoms with E-state index in [9.17, 15) is 8.42 Å². The van der Waals surface area contributed by atoms with Crippen LogP contribution >= 0.6 is 0 Å². The van der Waals surface area contributed by atoms with Gasteiger partial charge in [0.1, 0.15) is 16.2 Å². The van der Waals surface area contributed by atoms with Crippen LogP contribution in [0.3, 0.4) is 0 Å². The van der Waals surface area contributed by atoms with E-state index in [1.54, 1.807) is 0 Å². The van der Waals surface area contributed by atoms with Crippen LogP contribution in [0.1, 0.15) is 6.92 Å². The molecule has 15 heavy (non-hydrogen) atoms. The molecule has 2 rings (SSSR count). The summed E-state index contributed by atoms with van der Waals surface area (Å²) in [6.07, 6.45) is 4.14. The van der Waals surface area contributed by atoms with Crippen LogP contribution in [0.15, 0.2) is 39.4 Å². The van der Waals surface area contributed by atoms with E-state index in [1.807, 2.05) is 0 Å². The van der Waals surface area contributed by atoms with Crippen LogP contribution in [-0.4, -0.2) is 23.4 Å². The maximum Gasteiger partial charge on any atom is 0.277 e. The molecule has 0 aromatic heterocycles. The van der Waals surface area contributed by atoms with E-state index in [0.717, 1.165) is 0 Å². The Morgan fingerprint density at radius 1 is 1.47 bits per heavy atom. The van der Waals surface area contributed by atoms with Gasteiger partial charge in [0, 0.05) is 22.4 Å². The van der Waals surface area contributed by atoms with Crippen LogP contribution in [0, 0.1) is 0 Å². The van der Waals surface area contributed by atoms with Gasteiger partial charge in [-0.1, -0.05) is 6.08 Å². The predicted octanol–water partition coefficient (Wildman–Crippen LogP) is 0.906.